The van der Waals surface area contributed by atoms with Crippen LogP contribution >= 0.6 is 0 Å². The van der Waals surface area contributed by atoms with Crippen molar-refractivity contribution in [1.82, 2.24) is 9.80 Å². The molecule has 2 heterocycles. The predicted octanol–water partition coefficient (Wildman–Crippen LogP) is 1.15. The van der Waals surface area contributed by atoms with Gasteiger partial charge in [-0.2, -0.15) is 0 Å². The maximum absolute atomic E-state index is 12.5. The molecule has 0 radical (unpaired) electrons. The Kier molecular flexibility index (Phi) is 2.49. The third kappa shape index (κ3) is 1.73. The summed E-state index contributed by atoms with van der Waals surface area (Å²) in [6, 6.07) is 6.01. The molecule has 4 rings (SSSR count). The summed E-state index contributed by atoms with van der Waals surface area (Å²) in [6.07, 6.45) is 1.21. The average Bonchev–Trinajstić information content (AvgIpc) is 3.02. The average molecular weight is 284 g/mol. The van der Waals surface area contributed by atoms with Gasteiger partial charge in [0.15, 0.2) is 0 Å². The zero-order valence-corrected chi connectivity index (χ0v) is 11.8. The van der Waals surface area contributed by atoms with Gasteiger partial charge in [0.2, 0.25) is 5.91 Å². The van der Waals surface area contributed by atoms with E-state index in [2.05, 4.69) is 0 Å². The molecule has 5 nitrogen and oxygen atoms in total. The first kappa shape index (κ1) is 12.6. The lowest BCUT2D eigenvalue weighted by molar-refractivity contribution is -0.134. The molecule has 3 aliphatic rings. The highest BCUT2D eigenvalue weighted by Crippen LogP contribution is 2.45. The first-order valence-electron chi connectivity index (χ1n) is 7.33. The normalized spacial score (nSPS) is 27.7. The number of carbonyl (C=O) groups is 3. The van der Waals surface area contributed by atoms with Crippen molar-refractivity contribution in [2.75, 3.05) is 13.1 Å². The molecule has 0 aromatic heterocycles. The van der Waals surface area contributed by atoms with Crippen molar-refractivity contribution in [1.29, 1.82) is 0 Å². The van der Waals surface area contributed by atoms with Gasteiger partial charge in [-0.15, -0.1) is 0 Å². The standard InChI is InChI=1S/C16H16N2O3/c1-9(14(19)17-7-10-6-11(10)8-17)18-15(20)12-4-2-3-5-13(12)16(18)21/h2-5,9-11H,6-8H2,1H3. The Balaban J connectivity index is 1.58. The van der Waals surface area contributed by atoms with Crippen LogP contribution in [0.25, 0.3) is 0 Å². The third-order valence-corrected chi connectivity index (χ3v) is 4.86. The summed E-state index contributed by atoms with van der Waals surface area (Å²) in [6.45, 7) is 3.20. The zero-order valence-electron chi connectivity index (χ0n) is 11.8. The van der Waals surface area contributed by atoms with Crippen molar-refractivity contribution in [3.63, 3.8) is 0 Å². The van der Waals surface area contributed by atoms with Crippen LogP contribution in [0.3, 0.4) is 0 Å². The molecule has 1 aromatic rings. The Morgan fingerprint density at radius 2 is 1.62 bits per heavy atom. The molecule has 0 bridgehead atoms. The van der Waals surface area contributed by atoms with E-state index < -0.39 is 6.04 Å². The van der Waals surface area contributed by atoms with Crippen LogP contribution in [0.5, 0.6) is 0 Å². The van der Waals surface area contributed by atoms with E-state index in [9.17, 15) is 14.4 Å². The van der Waals surface area contributed by atoms with Crippen LogP contribution < -0.4 is 0 Å². The molecule has 0 N–H and O–H groups in total. The molecule has 1 aliphatic carbocycles. The second-order valence-electron chi connectivity index (χ2n) is 6.20. The van der Waals surface area contributed by atoms with E-state index in [1.165, 1.54) is 6.42 Å². The number of amides is 3. The number of hydrogen-bond donors (Lipinski definition) is 0. The minimum atomic E-state index is -0.727. The van der Waals surface area contributed by atoms with E-state index in [4.69, 9.17) is 0 Å². The van der Waals surface area contributed by atoms with Crippen molar-refractivity contribution in [3.05, 3.63) is 35.4 Å². The van der Waals surface area contributed by atoms with Gasteiger partial charge in [-0.05, 0) is 37.3 Å². The molecular weight excluding hydrogens is 268 g/mol. The highest BCUT2D eigenvalue weighted by Gasteiger charge is 2.49. The number of benzene rings is 1. The molecule has 0 spiro atoms. The summed E-state index contributed by atoms with van der Waals surface area (Å²) in [5, 5.41) is 0. The van der Waals surface area contributed by atoms with Crippen molar-refractivity contribution in [2.45, 2.75) is 19.4 Å². The largest absolute Gasteiger partial charge is 0.340 e. The molecule has 1 aromatic carbocycles. The molecule has 21 heavy (non-hydrogen) atoms. The maximum atomic E-state index is 12.5. The topological polar surface area (TPSA) is 57.7 Å². The van der Waals surface area contributed by atoms with Gasteiger partial charge in [0.1, 0.15) is 6.04 Å². The van der Waals surface area contributed by atoms with Gasteiger partial charge in [0.25, 0.3) is 11.8 Å². The fraction of sp³-hybridized carbons (Fsp3) is 0.438. The minimum Gasteiger partial charge on any atom is -0.340 e. The third-order valence-electron chi connectivity index (χ3n) is 4.86. The minimum absolute atomic E-state index is 0.114. The summed E-state index contributed by atoms with van der Waals surface area (Å²) >= 11 is 0. The van der Waals surface area contributed by atoms with Crippen LogP contribution in [-0.2, 0) is 4.79 Å². The number of hydrogen-bond acceptors (Lipinski definition) is 3. The van der Waals surface area contributed by atoms with Crippen LogP contribution in [0, 0.1) is 11.8 Å². The Morgan fingerprint density at radius 1 is 1.10 bits per heavy atom. The highest BCUT2D eigenvalue weighted by molar-refractivity contribution is 6.22. The van der Waals surface area contributed by atoms with E-state index in [0.29, 0.717) is 23.0 Å². The Labute approximate surface area is 122 Å². The van der Waals surface area contributed by atoms with E-state index in [-0.39, 0.29) is 17.7 Å². The fourth-order valence-electron chi connectivity index (χ4n) is 3.51. The van der Waals surface area contributed by atoms with Crippen molar-refractivity contribution < 1.29 is 14.4 Å². The molecule has 3 atom stereocenters. The highest BCUT2D eigenvalue weighted by atomic mass is 16.2. The van der Waals surface area contributed by atoms with Gasteiger partial charge < -0.3 is 4.90 Å². The lowest BCUT2D eigenvalue weighted by atomic mass is 10.1. The first-order chi connectivity index (χ1) is 10.1. The van der Waals surface area contributed by atoms with E-state index in [1.807, 2.05) is 0 Å². The Hall–Kier alpha value is -2.17. The number of rotatable bonds is 2. The molecule has 5 heteroatoms. The summed E-state index contributed by atoms with van der Waals surface area (Å²) in [7, 11) is 0. The molecular formula is C16H16N2O3. The smallest absolute Gasteiger partial charge is 0.262 e. The number of likely N-dealkylation sites (tertiary alicyclic amines) is 1. The summed E-state index contributed by atoms with van der Waals surface area (Å²) in [5.41, 5.74) is 0.790. The van der Waals surface area contributed by atoms with Crippen LogP contribution in [0.1, 0.15) is 34.1 Å². The quantitative estimate of drug-likeness (QED) is 0.765. The molecule has 108 valence electrons. The van der Waals surface area contributed by atoms with Gasteiger partial charge in [0.05, 0.1) is 11.1 Å². The fourth-order valence-corrected chi connectivity index (χ4v) is 3.51. The van der Waals surface area contributed by atoms with E-state index in [1.54, 1.807) is 36.1 Å². The van der Waals surface area contributed by atoms with E-state index >= 15 is 0 Å². The number of piperidine rings is 1. The second-order valence-corrected chi connectivity index (χ2v) is 6.20. The van der Waals surface area contributed by atoms with Crippen LogP contribution in [0.4, 0.5) is 0 Å². The van der Waals surface area contributed by atoms with Gasteiger partial charge in [-0.1, -0.05) is 12.1 Å². The zero-order chi connectivity index (χ0) is 14.7. The van der Waals surface area contributed by atoms with Crippen molar-refractivity contribution in [3.8, 4) is 0 Å². The van der Waals surface area contributed by atoms with Gasteiger partial charge in [-0.25, -0.2) is 0 Å². The first-order valence-corrected chi connectivity index (χ1v) is 7.33. The molecule has 2 aliphatic heterocycles. The van der Waals surface area contributed by atoms with Gasteiger partial charge in [0, 0.05) is 13.1 Å². The lowest BCUT2D eigenvalue weighted by Gasteiger charge is -2.27. The van der Waals surface area contributed by atoms with Crippen LogP contribution in [0.2, 0.25) is 0 Å². The number of carbonyl (C=O) groups excluding carboxylic acids is 3. The van der Waals surface area contributed by atoms with Gasteiger partial charge >= 0.3 is 0 Å². The Bertz CT molecular complexity index is 624. The van der Waals surface area contributed by atoms with Crippen molar-refractivity contribution >= 4 is 17.7 Å². The lowest BCUT2D eigenvalue weighted by Crippen LogP contribution is -2.49. The molecule has 1 saturated carbocycles. The molecule has 1 saturated heterocycles. The summed E-state index contributed by atoms with van der Waals surface area (Å²) in [4.78, 5) is 40.2. The SMILES string of the molecule is CC(C(=O)N1CC2CC2C1)N1C(=O)c2ccccc2C1=O. The summed E-state index contributed by atoms with van der Waals surface area (Å²) < 4.78 is 0. The monoisotopic (exact) mass is 284 g/mol. The molecule has 3 amide bonds. The molecule has 2 fully saturated rings. The number of imide groups is 1. The maximum Gasteiger partial charge on any atom is 0.262 e. The summed E-state index contributed by atoms with van der Waals surface area (Å²) in [5.74, 6) is 0.449. The molecule has 3 unspecified atom stereocenters. The van der Waals surface area contributed by atoms with Crippen LogP contribution in [-0.4, -0.2) is 46.7 Å². The van der Waals surface area contributed by atoms with E-state index in [0.717, 1.165) is 18.0 Å². The van der Waals surface area contributed by atoms with Crippen LogP contribution in [0.15, 0.2) is 24.3 Å². The second kappa shape index (κ2) is 4.16. The van der Waals surface area contributed by atoms with Crippen molar-refractivity contribution in [2.24, 2.45) is 11.8 Å². The Morgan fingerprint density at radius 3 is 2.14 bits per heavy atom. The predicted molar refractivity (Wildman–Crippen MR) is 74.6 cm³/mol. The number of nitrogens with zero attached hydrogens (tertiary/aromatic N) is 2. The number of fused-ring (bicyclic) bond motifs is 2. The van der Waals surface area contributed by atoms with Gasteiger partial charge in [-0.3, -0.25) is 19.3 Å².